The van der Waals surface area contributed by atoms with Gasteiger partial charge in [-0.1, -0.05) is 0 Å². The van der Waals surface area contributed by atoms with Gasteiger partial charge in [-0.25, -0.2) is 4.39 Å². The lowest BCUT2D eigenvalue weighted by molar-refractivity contribution is -0.0145. The fourth-order valence-corrected chi connectivity index (χ4v) is 1.07. The Hall–Kier alpha value is -0.190. The van der Waals surface area contributed by atoms with Crippen molar-refractivity contribution in [2.45, 2.75) is 24.7 Å². The van der Waals surface area contributed by atoms with E-state index in [0.717, 1.165) is 0 Å². The zero-order chi connectivity index (χ0) is 7.56. The molecular formula is C6H12FNO2. The number of aliphatic hydroxyl groups is 2. The molecule has 4 heteroatoms. The van der Waals surface area contributed by atoms with Crippen molar-refractivity contribution in [3.8, 4) is 0 Å². The summed E-state index contributed by atoms with van der Waals surface area (Å²) in [6, 6.07) is -0.279. The standard InChI is InChI=1S/C6H12FNO2/c7-2-4-1-5(9)6(10)3-8-4/h4-6,8-10H,1-3H2/t4-,5-,6+/m0/s1. The van der Waals surface area contributed by atoms with Gasteiger partial charge in [-0.2, -0.15) is 0 Å². The van der Waals surface area contributed by atoms with Gasteiger partial charge in [0.1, 0.15) is 6.67 Å². The van der Waals surface area contributed by atoms with E-state index >= 15 is 0 Å². The molecule has 10 heavy (non-hydrogen) atoms. The Labute approximate surface area is 58.9 Å². The summed E-state index contributed by atoms with van der Waals surface area (Å²) in [5.41, 5.74) is 0. The van der Waals surface area contributed by atoms with Crippen LogP contribution < -0.4 is 5.32 Å². The quantitative estimate of drug-likeness (QED) is 0.450. The maximum Gasteiger partial charge on any atom is 0.105 e. The summed E-state index contributed by atoms with van der Waals surface area (Å²) in [6.07, 6.45) is -1.19. The van der Waals surface area contributed by atoms with Crippen LogP contribution in [0.2, 0.25) is 0 Å². The number of rotatable bonds is 1. The molecule has 0 aromatic rings. The molecule has 0 saturated carbocycles. The second-order valence-corrected chi connectivity index (χ2v) is 2.63. The summed E-state index contributed by atoms with van der Waals surface area (Å²) in [7, 11) is 0. The van der Waals surface area contributed by atoms with Crippen molar-refractivity contribution < 1.29 is 14.6 Å². The number of aliphatic hydroxyl groups excluding tert-OH is 2. The molecule has 0 spiro atoms. The van der Waals surface area contributed by atoms with Crippen LogP contribution >= 0.6 is 0 Å². The third-order valence-electron chi connectivity index (χ3n) is 1.77. The molecule has 3 nitrogen and oxygen atoms in total. The summed E-state index contributed by atoms with van der Waals surface area (Å²) < 4.78 is 11.9. The number of β-amino-alcohol motifs (C(OH)–C–C–N with tert-alkyl or cyclic N) is 1. The maximum atomic E-state index is 11.9. The van der Waals surface area contributed by atoms with Gasteiger partial charge >= 0.3 is 0 Å². The van der Waals surface area contributed by atoms with Gasteiger partial charge in [0.05, 0.1) is 12.2 Å². The number of hydrogen-bond donors (Lipinski definition) is 3. The van der Waals surface area contributed by atoms with Crippen LogP contribution in [0.25, 0.3) is 0 Å². The second kappa shape index (κ2) is 3.27. The van der Waals surface area contributed by atoms with Crippen molar-refractivity contribution in [1.82, 2.24) is 5.32 Å². The third kappa shape index (κ3) is 1.65. The van der Waals surface area contributed by atoms with Crippen LogP contribution in [0.5, 0.6) is 0 Å². The van der Waals surface area contributed by atoms with Gasteiger partial charge in [0.15, 0.2) is 0 Å². The van der Waals surface area contributed by atoms with E-state index in [0.29, 0.717) is 6.42 Å². The first-order valence-electron chi connectivity index (χ1n) is 3.39. The SMILES string of the molecule is O[C@@H]1CN[C@H](CF)C[C@@H]1O. The van der Waals surface area contributed by atoms with Crippen molar-refractivity contribution in [1.29, 1.82) is 0 Å². The molecule has 0 aromatic carbocycles. The van der Waals surface area contributed by atoms with Crippen LogP contribution in [0.3, 0.4) is 0 Å². The summed E-state index contributed by atoms with van der Waals surface area (Å²) in [6.45, 7) is -0.195. The molecule has 3 N–H and O–H groups in total. The Kier molecular flexibility index (Phi) is 2.59. The molecule has 1 aliphatic rings. The first-order chi connectivity index (χ1) is 4.74. The Bertz CT molecular complexity index is 112. The third-order valence-corrected chi connectivity index (χ3v) is 1.77. The normalized spacial score (nSPS) is 41.7. The van der Waals surface area contributed by atoms with Gasteiger partial charge in [0.2, 0.25) is 0 Å². The highest BCUT2D eigenvalue weighted by atomic mass is 19.1. The van der Waals surface area contributed by atoms with Crippen molar-refractivity contribution in [3.63, 3.8) is 0 Å². The minimum Gasteiger partial charge on any atom is -0.390 e. The topological polar surface area (TPSA) is 52.5 Å². The number of nitrogens with one attached hydrogen (secondary N) is 1. The minimum atomic E-state index is -0.762. The maximum absolute atomic E-state index is 11.9. The molecule has 1 heterocycles. The molecule has 0 amide bonds. The highest BCUT2D eigenvalue weighted by molar-refractivity contribution is 4.83. The molecular weight excluding hydrogens is 137 g/mol. The molecule has 0 aromatic heterocycles. The monoisotopic (exact) mass is 149 g/mol. The van der Waals surface area contributed by atoms with Crippen molar-refractivity contribution in [2.75, 3.05) is 13.2 Å². The van der Waals surface area contributed by atoms with Crippen LogP contribution in [-0.4, -0.2) is 41.7 Å². The molecule has 0 bridgehead atoms. The molecule has 1 rings (SSSR count). The van der Waals surface area contributed by atoms with Gasteiger partial charge in [-0.3, -0.25) is 0 Å². The minimum absolute atomic E-state index is 0.279. The second-order valence-electron chi connectivity index (χ2n) is 2.63. The van der Waals surface area contributed by atoms with E-state index in [2.05, 4.69) is 5.32 Å². The van der Waals surface area contributed by atoms with Crippen LogP contribution in [0.4, 0.5) is 4.39 Å². The van der Waals surface area contributed by atoms with E-state index in [9.17, 15) is 4.39 Å². The number of halogens is 1. The number of alkyl halides is 1. The fourth-order valence-electron chi connectivity index (χ4n) is 1.07. The Balaban J connectivity index is 2.33. The lowest BCUT2D eigenvalue weighted by atomic mass is 10.0. The average molecular weight is 149 g/mol. The van der Waals surface area contributed by atoms with Gasteiger partial charge in [-0.05, 0) is 6.42 Å². The predicted molar refractivity (Wildman–Crippen MR) is 34.4 cm³/mol. The summed E-state index contributed by atoms with van der Waals surface area (Å²) in [4.78, 5) is 0. The van der Waals surface area contributed by atoms with E-state index < -0.39 is 18.9 Å². The number of piperidine rings is 1. The van der Waals surface area contributed by atoms with Crippen LogP contribution in [0.15, 0.2) is 0 Å². The zero-order valence-corrected chi connectivity index (χ0v) is 5.63. The Morgan fingerprint density at radius 3 is 2.60 bits per heavy atom. The van der Waals surface area contributed by atoms with Crippen LogP contribution in [0.1, 0.15) is 6.42 Å². The first-order valence-corrected chi connectivity index (χ1v) is 3.39. The van der Waals surface area contributed by atoms with E-state index in [1.54, 1.807) is 0 Å². The molecule has 0 unspecified atom stereocenters. The highest BCUT2D eigenvalue weighted by Crippen LogP contribution is 2.08. The number of hydrogen-bond acceptors (Lipinski definition) is 3. The molecule has 1 aliphatic heterocycles. The van der Waals surface area contributed by atoms with E-state index in [-0.39, 0.29) is 12.6 Å². The smallest absolute Gasteiger partial charge is 0.105 e. The summed E-state index contributed by atoms with van der Waals surface area (Å²) in [5.74, 6) is 0. The van der Waals surface area contributed by atoms with Gasteiger partial charge < -0.3 is 15.5 Å². The van der Waals surface area contributed by atoms with Gasteiger partial charge in [-0.15, -0.1) is 0 Å². The molecule has 0 radical (unpaired) electrons. The van der Waals surface area contributed by atoms with Crippen molar-refractivity contribution >= 4 is 0 Å². The summed E-state index contributed by atoms with van der Waals surface area (Å²) >= 11 is 0. The van der Waals surface area contributed by atoms with E-state index in [4.69, 9.17) is 10.2 Å². The highest BCUT2D eigenvalue weighted by Gasteiger charge is 2.26. The van der Waals surface area contributed by atoms with Crippen molar-refractivity contribution in [2.24, 2.45) is 0 Å². The van der Waals surface area contributed by atoms with E-state index in [1.807, 2.05) is 0 Å². The molecule has 3 atom stereocenters. The summed E-state index contributed by atoms with van der Waals surface area (Å²) in [5, 5.41) is 20.7. The molecule has 60 valence electrons. The largest absolute Gasteiger partial charge is 0.390 e. The Morgan fingerprint density at radius 1 is 1.40 bits per heavy atom. The van der Waals surface area contributed by atoms with Crippen LogP contribution in [0, 0.1) is 0 Å². The fraction of sp³-hybridized carbons (Fsp3) is 1.00. The van der Waals surface area contributed by atoms with Gasteiger partial charge in [0, 0.05) is 12.6 Å². The van der Waals surface area contributed by atoms with Crippen LogP contribution in [-0.2, 0) is 0 Å². The van der Waals surface area contributed by atoms with Gasteiger partial charge in [0.25, 0.3) is 0 Å². The van der Waals surface area contributed by atoms with E-state index in [1.165, 1.54) is 0 Å². The zero-order valence-electron chi connectivity index (χ0n) is 5.63. The lowest BCUT2D eigenvalue weighted by Gasteiger charge is -2.29. The van der Waals surface area contributed by atoms with Crippen molar-refractivity contribution in [3.05, 3.63) is 0 Å². The first kappa shape index (κ1) is 7.91. The average Bonchev–Trinajstić information content (AvgIpc) is 1.95. The molecule has 1 saturated heterocycles. The molecule has 0 aliphatic carbocycles. The lowest BCUT2D eigenvalue weighted by Crippen LogP contribution is -2.50. The predicted octanol–water partition coefficient (Wildman–Crippen LogP) is -0.960. The molecule has 1 fully saturated rings. The Morgan fingerprint density at radius 2 is 2.10 bits per heavy atom.